The van der Waals surface area contributed by atoms with E-state index >= 15 is 0 Å². The molecule has 0 saturated carbocycles. The number of carbonyl (C=O) groups excluding carboxylic acids is 1. The molecule has 0 radical (unpaired) electrons. The highest BCUT2D eigenvalue weighted by Crippen LogP contribution is 2.24. The number of hydrogen-bond acceptors (Lipinski definition) is 4. The maximum Gasteiger partial charge on any atom is 0.419 e. The van der Waals surface area contributed by atoms with Gasteiger partial charge in [0.15, 0.2) is 11.4 Å². The number of benzene rings is 2. The Morgan fingerprint density at radius 1 is 1.19 bits per heavy atom. The van der Waals surface area contributed by atoms with Gasteiger partial charge in [-0.3, -0.25) is 9.36 Å². The summed E-state index contributed by atoms with van der Waals surface area (Å²) in [5, 5.41) is 0. The molecule has 106 valence electrons. The summed E-state index contributed by atoms with van der Waals surface area (Å²) >= 11 is 1.53. The average Bonchev–Trinajstić information content (AvgIpc) is 2.80. The molecular formula is C16H13NO3S. The van der Waals surface area contributed by atoms with Crippen molar-refractivity contribution in [2.24, 2.45) is 7.05 Å². The Morgan fingerprint density at radius 3 is 2.71 bits per heavy atom. The minimum absolute atomic E-state index is 0.0756. The Balaban J connectivity index is 2.11. The van der Waals surface area contributed by atoms with Gasteiger partial charge in [-0.05, 0) is 36.6 Å². The summed E-state index contributed by atoms with van der Waals surface area (Å²) in [6.07, 6.45) is 1.94. The summed E-state index contributed by atoms with van der Waals surface area (Å²) in [5.41, 5.74) is 2.27. The van der Waals surface area contributed by atoms with Gasteiger partial charge in [-0.2, -0.15) is 0 Å². The normalized spacial score (nSPS) is 11.0. The molecule has 0 atom stereocenters. The third-order valence-electron chi connectivity index (χ3n) is 3.41. The minimum atomic E-state index is -0.431. The Labute approximate surface area is 125 Å². The van der Waals surface area contributed by atoms with Gasteiger partial charge in [0.1, 0.15) is 0 Å². The lowest BCUT2D eigenvalue weighted by atomic mass is 10.0. The van der Waals surface area contributed by atoms with Gasteiger partial charge in [0.25, 0.3) is 0 Å². The number of hydrogen-bond donors (Lipinski definition) is 0. The molecule has 0 spiro atoms. The van der Waals surface area contributed by atoms with Gasteiger partial charge in [0.05, 0.1) is 5.52 Å². The maximum absolute atomic E-state index is 12.6. The van der Waals surface area contributed by atoms with Crippen molar-refractivity contribution in [3.05, 3.63) is 64.1 Å². The third-order valence-corrected chi connectivity index (χ3v) is 4.20. The first kappa shape index (κ1) is 13.7. The van der Waals surface area contributed by atoms with E-state index < -0.39 is 5.76 Å². The molecule has 0 N–H and O–H groups in total. The van der Waals surface area contributed by atoms with Crippen LogP contribution in [0.25, 0.3) is 11.1 Å². The largest absolute Gasteiger partial charge is 0.419 e. The average molecular weight is 299 g/mol. The molecule has 0 bridgehead atoms. The number of fused-ring (bicyclic) bond motifs is 1. The molecule has 21 heavy (non-hydrogen) atoms. The Bertz CT molecular complexity index is 892. The number of oxazole rings is 1. The molecule has 0 aliphatic carbocycles. The second-order valence-electron chi connectivity index (χ2n) is 4.64. The lowest BCUT2D eigenvalue weighted by molar-refractivity contribution is 0.103. The standard InChI is InChI=1S/C16H13NO3S/c1-17-12-8-7-10(9-13(12)20-16(17)19)15(18)11-5-3-4-6-14(11)21-2/h3-9H,1-2H3. The smallest absolute Gasteiger partial charge is 0.408 e. The number of rotatable bonds is 3. The van der Waals surface area contributed by atoms with Crippen LogP contribution in [0.2, 0.25) is 0 Å². The molecule has 3 aromatic rings. The number of aryl methyl sites for hydroxylation is 1. The van der Waals surface area contributed by atoms with E-state index in [1.807, 2.05) is 24.5 Å². The third kappa shape index (κ3) is 2.29. The van der Waals surface area contributed by atoms with Crippen molar-refractivity contribution in [2.45, 2.75) is 4.90 Å². The van der Waals surface area contributed by atoms with Crippen molar-refractivity contribution < 1.29 is 9.21 Å². The monoisotopic (exact) mass is 299 g/mol. The second-order valence-corrected chi connectivity index (χ2v) is 5.49. The number of nitrogens with zero attached hydrogens (tertiary/aromatic N) is 1. The van der Waals surface area contributed by atoms with Crippen LogP contribution in [-0.4, -0.2) is 16.6 Å². The predicted molar refractivity (Wildman–Crippen MR) is 83.1 cm³/mol. The number of carbonyl (C=O) groups is 1. The van der Waals surface area contributed by atoms with Crippen LogP contribution in [0.3, 0.4) is 0 Å². The van der Waals surface area contributed by atoms with Gasteiger partial charge in [-0.1, -0.05) is 12.1 Å². The molecule has 4 nitrogen and oxygen atoms in total. The van der Waals surface area contributed by atoms with E-state index in [9.17, 15) is 9.59 Å². The number of ketones is 1. The van der Waals surface area contributed by atoms with E-state index in [0.29, 0.717) is 22.2 Å². The zero-order chi connectivity index (χ0) is 15.0. The summed E-state index contributed by atoms with van der Waals surface area (Å²) in [6.45, 7) is 0. The van der Waals surface area contributed by atoms with E-state index in [1.54, 1.807) is 31.3 Å². The van der Waals surface area contributed by atoms with Crippen molar-refractivity contribution in [1.29, 1.82) is 0 Å². The van der Waals surface area contributed by atoms with E-state index in [1.165, 1.54) is 16.3 Å². The molecule has 0 saturated heterocycles. The summed E-state index contributed by atoms with van der Waals surface area (Å²) in [5.74, 6) is -0.507. The molecule has 2 aromatic carbocycles. The highest BCUT2D eigenvalue weighted by atomic mass is 32.2. The quantitative estimate of drug-likeness (QED) is 0.551. The van der Waals surface area contributed by atoms with E-state index in [2.05, 4.69) is 0 Å². The zero-order valence-corrected chi connectivity index (χ0v) is 12.4. The van der Waals surface area contributed by atoms with Crippen LogP contribution in [0.5, 0.6) is 0 Å². The molecule has 0 aliphatic heterocycles. The molecule has 0 aliphatic rings. The van der Waals surface area contributed by atoms with Crippen molar-refractivity contribution in [1.82, 2.24) is 4.57 Å². The molecule has 1 aromatic heterocycles. The summed E-state index contributed by atoms with van der Waals surface area (Å²) < 4.78 is 6.55. The van der Waals surface area contributed by atoms with Crippen molar-refractivity contribution in [3.63, 3.8) is 0 Å². The van der Waals surface area contributed by atoms with Gasteiger partial charge < -0.3 is 4.42 Å². The van der Waals surface area contributed by atoms with Crippen molar-refractivity contribution >= 4 is 28.6 Å². The second kappa shape index (κ2) is 5.26. The Kier molecular flexibility index (Phi) is 3.43. The van der Waals surface area contributed by atoms with Crippen LogP contribution in [-0.2, 0) is 7.05 Å². The van der Waals surface area contributed by atoms with Crippen molar-refractivity contribution in [3.8, 4) is 0 Å². The molecular weight excluding hydrogens is 286 g/mol. The van der Waals surface area contributed by atoms with Crippen LogP contribution >= 0.6 is 11.8 Å². The van der Waals surface area contributed by atoms with E-state index in [4.69, 9.17) is 4.42 Å². The SMILES string of the molecule is CSc1ccccc1C(=O)c1ccc2c(c1)oc(=O)n2C. The first-order valence-electron chi connectivity index (χ1n) is 6.39. The van der Waals surface area contributed by atoms with Gasteiger partial charge in [-0.25, -0.2) is 4.79 Å². The molecule has 0 unspecified atom stereocenters. The van der Waals surface area contributed by atoms with Crippen LogP contribution in [0.4, 0.5) is 0 Å². The topological polar surface area (TPSA) is 52.2 Å². The zero-order valence-electron chi connectivity index (χ0n) is 11.6. The van der Waals surface area contributed by atoms with Crippen molar-refractivity contribution in [2.75, 3.05) is 6.26 Å². The van der Waals surface area contributed by atoms with E-state index in [0.717, 1.165) is 4.90 Å². The van der Waals surface area contributed by atoms with Crippen LogP contribution in [0.1, 0.15) is 15.9 Å². The van der Waals surface area contributed by atoms with Gasteiger partial charge >= 0.3 is 5.76 Å². The minimum Gasteiger partial charge on any atom is -0.408 e. The highest BCUT2D eigenvalue weighted by Gasteiger charge is 2.15. The summed E-state index contributed by atoms with van der Waals surface area (Å²) in [7, 11) is 1.64. The first-order chi connectivity index (χ1) is 10.1. The summed E-state index contributed by atoms with van der Waals surface area (Å²) in [6, 6.07) is 12.5. The van der Waals surface area contributed by atoms with Crippen LogP contribution in [0, 0.1) is 0 Å². The fourth-order valence-corrected chi connectivity index (χ4v) is 2.86. The molecule has 5 heteroatoms. The lowest BCUT2D eigenvalue weighted by Gasteiger charge is -2.06. The fraction of sp³-hybridized carbons (Fsp3) is 0.125. The Morgan fingerprint density at radius 2 is 1.95 bits per heavy atom. The lowest BCUT2D eigenvalue weighted by Crippen LogP contribution is -2.08. The summed E-state index contributed by atoms with van der Waals surface area (Å²) in [4.78, 5) is 25.0. The molecule has 0 amide bonds. The van der Waals surface area contributed by atoms with E-state index in [-0.39, 0.29) is 5.78 Å². The van der Waals surface area contributed by atoms with Gasteiger partial charge in [0.2, 0.25) is 0 Å². The van der Waals surface area contributed by atoms with Crippen LogP contribution < -0.4 is 5.76 Å². The van der Waals surface area contributed by atoms with Gasteiger partial charge in [-0.15, -0.1) is 11.8 Å². The fourth-order valence-electron chi connectivity index (χ4n) is 2.26. The predicted octanol–water partition coefficient (Wildman–Crippen LogP) is 3.08. The molecule has 1 heterocycles. The maximum atomic E-state index is 12.6. The molecule has 0 fully saturated rings. The van der Waals surface area contributed by atoms with Crippen LogP contribution in [0.15, 0.2) is 56.6 Å². The first-order valence-corrected chi connectivity index (χ1v) is 7.61. The molecule has 3 rings (SSSR count). The number of thioether (sulfide) groups is 1. The van der Waals surface area contributed by atoms with Gasteiger partial charge in [0, 0.05) is 23.1 Å². The number of aromatic nitrogens is 1. The highest BCUT2D eigenvalue weighted by molar-refractivity contribution is 7.98. The Hall–Kier alpha value is -2.27.